The largest absolute Gasteiger partial charge is 0.448 e. The number of para-hydroxylation sites is 1. The highest BCUT2D eigenvalue weighted by Crippen LogP contribution is 2.32. The number of nitrogens with one attached hydrogen (secondary N) is 1. The highest BCUT2D eigenvalue weighted by Gasteiger charge is 2.24. The van der Waals surface area contributed by atoms with E-state index in [2.05, 4.69) is 26.1 Å². The minimum absolute atomic E-state index is 0.306. The fourth-order valence-electron chi connectivity index (χ4n) is 3.57. The molecule has 1 aliphatic carbocycles. The van der Waals surface area contributed by atoms with E-state index >= 15 is 0 Å². The summed E-state index contributed by atoms with van der Waals surface area (Å²) in [6.45, 7) is 8.11. The van der Waals surface area contributed by atoms with Crippen LogP contribution in [0.2, 0.25) is 0 Å². The third kappa shape index (κ3) is 4.64. The first kappa shape index (κ1) is 20.6. The van der Waals surface area contributed by atoms with Gasteiger partial charge in [0.15, 0.2) is 6.10 Å². The second kappa shape index (κ2) is 8.91. The minimum Gasteiger partial charge on any atom is -0.448 e. The molecule has 0 bridgehead atoms. The van der Waals surface area contributed by atoms with E-state index < -0.39 is 12.1 Å². The van der Waals surface area contributed by atoms with E-state index in [0.29, 0.717) is 16.7 Å². The molecule has 3 atom stereocenters. The molecule has 1 aromatic heterocycles. The topological polar surface area (TPSA) is 55.4 Å². The second-order valence-corrected chi connectivity index (χ2v) is 8.98. The summed E-state index contributed by atoms with van der Waals surface area (Å²) in [5.74, 6) is 0.277. The fraction of sp³-hybridized carbons (Fsp3) is 0.478. The summed E-state index contributed by atoms with van der Waals surface area (Å²) >= 11 is 1.51. The summed E-state index contributed by atoms with van der Waals surface area (Å²) < 4.78 is 5.46. The van der Waals surface area contributed by atoms with Crippen LogP contribution in [-0.2, 0) is 22.4 Å². The van der Waals surface area contributed by atoms with Crippen molar-refractivity contribution in [2.45, 2.75) is 65.4 Å². The van der Waals surface area contributed by atoms with Gasteiger partial charge in [-0.25, -0.2) is 4.79 Å². The van der Waals surface area contributed by atoms with Crippen LogP contribution in [-0.4, -0.2) is 18.0 Å². The quantitative estimate of drug-likeness (QED) is 0.646. The number of esters is 1. The van der Waals surface area contributed by atoms with Gasteiger partial charge in [0.25, 0.3) is 5.91 Å². The molecule has 5 heteroatoms. The Morgan fingerprint density at radius 1 is 1.29 bits per heavy atom. The Morgan fingerprint density at radius 2 is 2.04 bits per heavy atom. The van der Waals surface area contributed by atoms with Crippen LogP contribution in [0.3, 0.4) is 0 Å². The third-order valence-corrected chi connectivity index (χ3v) is 6.76. The van der Waals surface area contributed by atoms with Crippen LogP contribution in [0.4, 0.5) is 5.69 Å². The van der Waals surface area contributed by atoms with Gasteiger partial charge in [-0.3, -0.25) is 4.79 Å². The number of hydrogen-bond acceptors (Lipinski definition) is 4. The Labute approximate surface area is 171 Å². The fourth-order valence-corrected chi connectivity index (χ4v) is 4.66. The van der Waals surface area contributed by atoms with E-state index in [1.165, 1.54) is 21.8 Å². The van der Waals surface area contributed by atoms with Crippen LogP contribution in [0.5, 0.6) is 0 Å². The van der Waals surface area contributed by atoms with Crippen LogP contribution in [0.15, 0.2) is 30.3 Å². The summed E-state index contributed by atoms with van der Waals surface area (Å²) in [5, 5.41) is 2.92. The van der Waals surface area contributed by atoms with Crippen molar-refractivity contribution in [2.75, 3.05) is 5.32 Å². The molecular formula is C23H29NO3S. The Kier molecular flexibility index (Phi) is 6.55. The molecule has 0 fully saturated rings. The number of amides is 1. The zero-order valence-electron chi connectivity index (χ0n) is 17.1. The van der Waals surface area contributed by atoms with Crippen molar-refractivity contribution in [3.8, 4) is 0 Å². The predicted octanol–water partition coefficient (Wildman–Crippen LogP) is 5.57. The second-order valence-electron chi connectivity index (χ2n) is 7.84. The summed E-state index contributed by atoms with van der Waals surface area (Å²) in [4.78, 5) is 27.0. The van der Waals surface area contributed by atoms with Gasteiger partial charge < -0.3 is 10.1 Å². The van der Waals surface area contributed by atoms with Gasteiger partial charge in [0, 0.05) is 10.6 Å². The molecule has 3 rings (SSSR count). The van der Waals surface area contributed by atoms with E-state index in [1.54, 1.807) is 6.92 Å². The zero-order valence-corrected chi connectivity index (χ0v) is 17.9. The minimum atomic E-state index is -0.851. The summed E-state index contributed by atoms with van der Waals surface area (Å²) in [6.07, 6.45) is 3.34. The van der Waals surface area contributed by atoms with E-state index in [9.17, 15) is 9.59 Å². The van der Waals surface area contributed by atoms with Crippen molar-refractivity contribution in [3.05, 3.63) is 51.2 Å². The Morgan fingerprint density at radius 3 is 2.79 bits per heavy atom. The number of carbonyl (C=O) groups excluding carboxylic acids is 2. The maximum Gasteiger partial charge on any atom is 0.349 e. The molecule has 2 aromatic rings. The highest BCUT2D eigenvalue weighted by atomic mass is 32.1. The van der Waals surface area contributed by atoms with Crippen LogP contribution in [0.25, 0.3) is 0 Å². The first-order valence-electron chi connectivity index (χ1n) is 10.1. The number of rotatable bonds is 6. The molecule has 150 valence electrons. The lowest BCUT2D eigenvalue weighted by Crippen LogP contribution is -2.30. The first-order valence-corrected chi connectivity index (χ1v) is 10.9. The molecular weight excluding hydrogens is 370 g/mol. The number of anilines is 1. The lowest BCUT2D eigenvalue weighted by molar-refractivity contribution is -0.123. The van der Waals surface area contributed by atoms with Crippen molar-refractivity contribution in [1.82, 2.24) is 0 Å². The van der Waals surface area contributed by atoms with E-state index in [0.717, 1.165) is 36.9 Å². The van der Waals surface area contributed by atoms with E-state index in [4.69, 9.17) is 4.74 Å². The number of carbonyl (C=O) groups is 2. The predicted molar refractivity (Wildman–Crippen MR) is 114 cm³/mol. The lowest BCUT2D eigenvalue weighted by atomic mass is 9.90. The lowest BCUT2D eigenvalue weighted by Gasteiger charge is -2.18. The molecule has 0 unspecified atom stereocenters. The summed E-state index contributed by atoms with van der Waals surface area (Å²) in [5.41, 5.74) is 3.14. The van der Waals surface area contributed by atoms with Crippen LogP contribution in [0.1, 0.15) is 72.1 Å². The van der Waals surface area contributed by atoms with Crippen molar-refractivity contribution in [1.29, 1.82) is 0 Å². The van der Waals surface area contributed by atoms with Crippen molar-refractivity contribution in [3.63, 3.8) is 0 Å². The summed E-state index contributed by atoms with van der Waals surface area (Å²) in [7, 11) is 0. The SMILES string of the molecule is CC[C@H](C)c1ccccc1NC(=O)[C@@H](C)OC(=O)c1cc2c(s1)CC[C@H](C)C2. The van der Waals surface area contributed by atoms with Crippen molar-refractivity contribution >= 4 is 28.9 Å². The molecule has 0 aliphatic heterocycles. The monoisotopic (exact) mass is 399 g/mol. The highest BCUT2D eigenvalue weighted by molar-refractivity contribution is 7.14. The molecule has 0 saturated carbocycles. The van der Waals surface area contributed by atoms with Gasteiger partial charge in [0.2, 0.25) is 0 Å². The van der Waals surface area contributed by atoms with Crippen LogP contribution >= 0.6 is 11.3 Å². The molecule has 28 heavy (non-hydrogen) atoms. The van der Waals surface area contributed by atoms with Crippen molar-refractivity contribution < 1.29 is 14.3 Å². The maximum absolute atomic E-state index is 12.6. The standard InChI is InChI=1S/C23H29NO3S/c1-5-15(3)18-8-6-7-9-19(18)24-22(25)16(4)27-23(26)21-13-17-12-14(2)10-11-20(17)28-21/h6-9,13-16H,5,10-12H2,1-4H3,(H,24,25)/t14-,15-,16+/m0/s1. The number of hydrogen-bond donors (Lipinski definition) is 1. The normalized spacial score (nSPS) is 18.1. The number of benzene rings is 1. The molecule has 0 saturated heterocycles. The van der Waals surface area contributed by atoms with Gasteiger partial charge in [-0.2, -0.15) is 0 Å². The Bertz CT molecular complexity index is 857. The maximum atomic E-state index is 12.6. The third-order valence-electron chi connectivity index (χ3n) is 5.55. The smallest absolute Gasteiger partial charge is 0.349 e. The molecule has 1 amide bonds. The molecule has 1 N–H and O–H groups in total. The first-order chi connectivity index (χ1) is 13.4. The van der Waals surface area contributed by atoms with Gasteiger partial charge in [-0.15, -0.1) is 11.3 Å². The number of ether oxygens (including phenoxy) is 1. The van der Waals surface area contributed by atoms with Crippen LogP contribution in [0, 0.1) is 5.92 Å². The number of aryl methyl sites for hydroxylation is 1. The van der Waals surface area contributed by atoms with Crippen molar-refractivity contribution in [2.24, 2.45) is 5.92 Å². The summed E-state index contributed by atoms with van der Waals surface area (Å²) in [6, 6.07) is 9.73. The molecule has 0 spiro atoms. The average Bonchev–Trinajstić information content (AvgIpc) is 3.11. The molecule has 1 heterocycles. The molecule has 0 radical (unpaired) electrons. The zero-order chi connectivity index (χ0) is 20.3. The Hall–Kier alpha value is -2.14. The number of fused-ring (bicyclic) bond motifs is 1. The number of thiophene rings is 1. The Balaban J connectivity index is 1.64. The van der Waals surface area contributed by atoms with Gasteiger partial charge in [0.05, 0.1) is 0 Å². The van der Waals surface area contributed by atoms with E-state index in [1.807, 2.05) is 30.3 Å². The molecule has 4 nitrogen and oxygen atoms in total. The average molecular weight is 400 g/mol. The van der Waals surface area contributed by atoms with Gasteiger partial charge in [0.1, 0.15) is 4.88 Å². The van der Waals surface area contributed by atoms with Gasteiger partial charge >= 0.3 is 5.97 Å². The van der Waals surface area contributed by atoms with Gasteiger partial charge in [-0.05, 0) is 67.7 Å². The van der Waals surface area contributed by atoms with Crippen LogP contribution < -0.4 is 5.32 Å². The van der Waals surface area contributed by atoms with Gasteiger partial charge in [-0.1, -0.05) is 39.0 Å². The molecule has 1 aliphatic rings. The van der Waals surface area contributed by atoms with E-state index in [-0.39, 0.29) is 5.91 Å². The molecule has 1 aromatic carbocycles.